The van der Waals surface area contributed by atoms with Crippen molar-refractivity contribution in [2.24, 2.45) is 0 Å². The average Bonchev–Trinajstić information content (AvgIpc) is 3.32. The van der Waals surface area contributed by atoms with Crippen LogP contribution in [0, 0.1) is 0 Å². The first-order valence-electron chi connectivity index (χ1n) is 6.67. The highest BCUT2D eigenvalue weighted by atomic mass is 16.5. The number of rotatable bonds is 4. The van der Waals surface area contributed by atoms with Gasteiger partial charge in [0.15, 0.2) is 0 Å². The molecule has 1 heterocycles. The number of aromatic nitrogens is 1. The lowest BCUT2D eigenvalue weighted by molar-refractivity contribution is 0.102. The molecule has 1 saturated carbocycles. The molecule has 3 rings (SSSR count). The third-order valence-corrected chi connectivity index (χ3v) is 3.41. The lowest BCUT2D eigenvalue weighted by atomic mass is 10.1. The summed E-state index contributed by atoms with van der Waals surface area (Å²) in [5, 5.41) is 2.83. The number of carbonyl (C=O) groups is 1. The van der Waals surface area contributed by atoms with Crippen molar-refractivity contribution >= 4 is 11.7 Å². The zero-order valence-corrected chi connectivity index (χ0v) is 11.3. The second kappa shape index (κ2) is 5.33. The predicted molar refractivity (Wildman–Crippen MR) is 77.2 cm³/mol. The van der Waals surface area contributed by atoms with Crippen LogP contribution in [-0.2, 0) is 0 Å². The molecule has 20 heavy (non-hydrogen) atoms. The maximum atomic E-state index is 12.2. The van der Waals surface area contributed by atoms with Gasteiger partial charge in [-0.2, -0.15) is 0 Å². The standard InChI is InChI=1S/C16H16N2O2/c1-20-14-4-2-3-13(9-14)16(19)18-15-10-12(7-8-17-15)11-5-6-11/h2-4,7-11H,5-6H2,1H3,(H,17,18,19). The molecule has 1 aromatic carbocycles. The van der Waals surface area contributed by atoms with Crippen molar-refractivity contribution in [1.82, 2.24) is 4.98 Å². The number of amides is 1. The van der Waals surface area contributed by atoms with Gasteiger partial charge in [0.25, 0.3) is 5.91 Å². The highest BCUT2D eigenvalue weighted by molar-refractivity contribution is 6.04. The maximum absolute atomic E-state index is 12.2. The Labute approximate surface area is 117 Å². The fraction of sp³-hybridized carbons (Fsp3) is 0.250. The van der Waals surface area contributed by atoms with Gasteiger partial charge in [-0.3, -0.25) is 4.79 Å². The van der Waals surface area contributed by atoms with Gasteiger partial charge in [0.2, 0.25) is 0 Å². The van der Waals surface area contributed by atoms with E-state index >= 15 is 0 Å². The highest BCUT2D eigenvalue weighted by Gasteiger charge is 2.23. The van der Waals surface area contributed by atoms with Crippen molar-refractivity contribution < 1.29 is 9.53 Å². The second-order valence-corrected chi connectivity index (χ2v) is 4.93. The number of ether oxygens (including phenoxy) is 1. The Morgan fingerprint density at radius 1 is 1.30 bits per heavy atom. The number of anilines is 1. The Bertz CT molecular complexity index is 636. The predicted octanol–water partition coefficient (Wildman–Crippen LogP) is 3.22. The monoisotopic (exact) mass is 268 g/mol. The van der Waals surface area contributed by atoms with Crippen LogP contribution in [0.1, 0.15) is 34.7 Å². The van der Waals surface area contributed by atoms with Gasteiger partial charge in [0, 0.05) is 11.8 Å². The molecule has 0 bridgehead atoms. The van der Waals surface area contributed by atoms with E-state index in [-0.39, 0.29) is 5.91 Å². The van der Waals surface area contributed by atoms with Gasteiger partial charge in [-0.25, -0.2) is 4.98 Å². The molecule has 1 aromatic heterocycles. The van der Waals surface area contributed by atoms with Crippen molar-refractivity contribution in [3.63, 3.8) is 0 Å². The number of benzene rings is 1. The van der Waals surface area contributed by atoms with Crippen molar-refractivity contribution in [3.05, 3.63) is 53.7 Å². The molecule has 0 aliphatic heterocycles. The lowest BCUT2D eigenvalue weighted by Crippen LogP contribution is -2.13. The van der Waals surface area contributed by atoms with Gasteiger partial charge in [-0.1, -0.05) is 6.07 Å². The molecule has 1 aliphatic carbocycles. The lowest BCUT2D eigenvalue weighted by Gasteiger charge is -2.07. The van der Waals surface area contributed by atoms with E-state index in [4.69, 9.17) is 4.74 Å². The summed E-state index contributed by atoms with van der Waals surface area (Å²) in [6.45, 7) is 0. The SMILES string of the molecule is COc1cccc(C(=O)Nc2cc(C3CC3)ccn2)c1. The van der Waals surface area contributed by atoms with E-state index in [0.29, 0.717) is 23.0 Å². The molecule has 0 radical (unpaired) electrons. The van der Waals surface area contributed by atoms with E-state index in [1.165, 1.54) is 18.4 Å². The molecule has 0 spiro atoms. The maximum Gasteiger partial charge on any atom is 0.256 e. The third-order valence-electron chi connectivity index (χ3n) is 3.41. The fourth-order valence-corrected chi connectivity index (χ4v) is 2.14. The van der Waals surface area contributed by atoms with Crippen molar-refractivity contribution in [1.29, 1.82) is 0 Å². The number of nitrogens with zero attached hydrogens (tertiary/aromatic N) is 1. The van der Waals surface area contributed by atoms with Crippen LogP contribution in [0.15, 0.2) is 42.6 Å². The summed E-state index contributed by atoms with van der Waals surface area (Å²) >= 11 is 0. The van der Waals surface area contributed by atoms with Gasteiger partial charge in [-0.05, 0) is 54.7 Å². The first-order chi connectivity index (χ1) is 9.76. The molecule has 2 aromatic rings. The van der Waals surface area contributed by atoms with Crippen LogP contribution >= 0.6 is 0 Å². The summed E-state index contributed by atoms with van der Waals surface area (Å²) < 4.78 is 5.12. The van der Waals surface area contributed by atoms with Gasteiger partial charge in [0.1, 0.15) is 11.6 Å². The quantitative estimate of drug-likeness (QED) is 0.926. The Kier molecular flexibility index (Phi) is 3.37. The van der Waals surface area contributed by atoms with Crippen molar-refractivity contribution in [3.8, 4) is 5.75 Å². The molecule has 4 nitrogen and oxygen atoms in total. The molecule has 1 amide bonds. The van der Waals surface area contributed by atoms with Crippen LogP contribution in [0.25, 0.3) is 0 Å². The molecular weight excluding hydrogens is 252 g/mol. The van der Waals surface area contributed by atoms with E-state index in [0.717, 1.165) is 0 Å². The Morgan fingerprint density at radius 2 is 2.15 bits per heavy atom. The van der Waals surface area contributed by atoms with Crippen LogP contribution < -0.4 is 10.1 Å². The molecule has 1 aliphatic rings. The number of hydrogen-bond donors (Lipinski definition) is 1. The molecule has 4 heteroatoms. The minimum absolute atomic E-state index is 0.177. The zero-order chi connectivity index (χ0) is 13.9. The third kappa shape index (κ3) is 2.79. The van der Waals surface area contributed by atoms with E-state index in [2.05, 4.69) is 10.3 Å². The molecule has 0 saturated heterocycles. The first-order valence-corrected chi connectivity index (χ1v) is 6.67. The van der Waals surface area contributed by atoms with Gasteiger partial charge in [0.05, 0.1) is 7.11 Å². The van der Waals surface area contributed by atoms with Crippen LogP contribution in [0.5, 0.6) is 5.75 Å². The number of nitrogens with one attached hydrogen (secondary N) is 1. The summed E-state index contributed by atoms with van der Waals surface area (Å²) in [5.41, 5.74) is 1.81. The highest BCUT2D eigenvalue weighted by Crippen LogP contribution is 2.40. The minimum atomic E-state index is -0.177. The number of hydrogen-bond acceptors (Lipinski definition) is 3. The molecule has 102 valence electrons. The van der Waals surface area contributed by atoms with Crippen LogP contribution in [0.4, 0.5) is 5.82 Å². The smallest absolute Gasteiger partial charge is 0.256 e. The molecule has 0 atom stereocenters. The summed E-state index contributed by atoms with van der Waals surface area (Å²) in [6, 6.07) is 11.0. The Balaban J connectivity index is 1.76. The van der Waals surface area contributed by atoms with E-state index in [1.807, 2.05) is 18.2 Å². The van der Waals surface area contributed by atoms with E-state index < -0.39 is 0 Å². The molecule has 0 unspecified atom stereocenters. The minimum Gasteiger partial charge on any atom is -0.497 e. The van der Waals surface area contributed by atoms with Gasteiger partial charge in [-0.15, -0.1) is 0 Å². The summed E-state index contributed by atoms with van der Waals surface area (Å²) in [6.07, 6.45) is 4.20. The topological polar surface area (TPSA) is 51.2 Å². The van der Waals surface area contributed by atoms with Crippen molar-refractivity contribution in [2.45, 2.75) is 18.8 Å². The van der Waals surface area contributed by atoms with E-state index in [9.17, 15) is 4.79 Å². The fourth-order valence-electron chi connectivity index (χ4n) is 2.14. The largest absolute Gasteiger partial charge is 0.497 e. The average molecular weight is 268 g/mol. The summed E-state index contributed by atoms with van der Waals surface area (Å²) in [5.74, 6) is 1.73. The number of carbonyl (C=O) groups excluding carboxylic acids is 1. The second-order valence-electron chi connectivity index (χ2n) is 4.93. The summed E-state index contributed by atoms with van der Waals surface area (Å²) in [7, 11) is 1.58. The normalized spacial score (nSPS) is 13.8. The summed E-state index contributed by atoms with van der Waals surface area (Å²) in [4.78, 5) is 16.4. The van der Waals surface area contributed by atoms with Gasteiger partial charge >= 0.3 is 0 Å². The zero-order valence-electron chi connectivity index (χ0n) is 11.3. The Hall–Kier alpha value is -2.36. The van der Waals surface area contributed by atoms with Crippen LogP contribution in [0.2, 0.25) is 0 Å². The van der Waals surface area contributed by atoms with Crippen LogP contribution in [-0.4, -0.2) is 18.0 Å². The van der Waals surface area contributed by atoms with E-state index in [1.54, 1.807) is 31.5 Å². The molecule has 1 N–H and O–H groups in total. The number of methoxy groups -OCH3 is 1. The Morgan fingerprint density at radius 3 is 2.90 bits per heavy atom. The van der Waals surface area contributed by atoms with Gasteiger partial charge < -0.3 is 10.1 Å². The first kappa shape index (κ1) is 12.7. The van der Waals surface area contributed by atoms with Crippen molar-refractivity contribution in [2.75, 3.05) is 12.4 Å². The number of pyridine rings is 1. The molecule has 1 fully saturated rings. The van der Waals surface area contributed by atoms with Crippen LogP contribution in [0.3, 0.4) is 0 Å². The molecular formula is C16H16N2O2.